The van der Waals surface area contributed by atoms with Crippen molar-refractivity contribution in [2.24, 2.45) is 0 Å². The third-order valence-corrected chi connectivity index (χ3v) is 11.9. The first-order valence-corrected chi connectivity index (χ1v) is 18.2. The van der Waals surface area contributed by atoms with E-state index in [1.807, 2.05) is 22.7 Å². The maximum atomic E-state index is 2.55. The Hall–Kier alpha value is -5.74. The van der Waals surface area contributed by atoms with Gasteiger partial charge >= 0.3 is 0 Å². The number of aromatic nitrogens is 1. The van der Waals surface area contributed by atoms with Crippen molar-refractivity contribution in [2.45, 2.75) is 0 Å². The standard InChI is InChI=1S/C46H29NS2/c1-4-13-30(14-5-1)33-19-12-20-36(27-33)37-21-10-11-22-40(37)47-45-43(38-28-34(23-25-41(38)48-45)31-15-6-2-7-16-31)44-39-29-35(32-17-8-3-9-18-32)24-26-42(39)49-46(44)47/h1-29H. The monoisotopic (exact) mass is 659 g/mol. The fourth-order valence-electron chi connectivity index (χ4n) is 7.31. The fourth-order valence-corrected chi connectivity index (χ4v) is 9.79. The van der Waals surface area contributed by atoms with E-state index in [1.165, 1.54) is 90.8 Å². The molecule has 0 aliphatic carbocycles. The summed E-state index contributed by atoms with van der Waals surface area (Å²) in [6, 6.07) is 64.1. The Balaban J connectivity index is 1.28. The minimum Gasteiger partial charge on any atom is -0.291 e. The van der Waals surface area contributed by atoms with Gasteiger partial charge in [-0.2, -0.15) is 0 Å². The number of nitrogens with zero attached hydrogens (tertiary/aromatic N) is 1. The largest absolute Gasteiger partial charge is 0.291 e. The molecule has 230 valence electrons. The van der Waals surface area contributed by atoms with E-state index < -0.39 is 0 Å². The zero-order valence-electron chi connectivity index (χ0n) is 26.5. The summed E-state index contributed by atoms with van der Waals surface area (Å²) in [5.41, 5.74) is 11.1. The molecule has 3 aromatic heterocycles. The molecule has 0 aliphatic heterocycles. The zero-order chi connectivity index (χ0) is 32.3. The van der Waals surface area contributed by atoms with Crippen LogP contribution >= 0.6 is 22.7 Å². The van der Waals surface area contributed by atoms with Gasteiger partial charge in [-0.25, -0.2) is 0 Å². The van der Waals surface area contributed by atoms with E-state index in [-0.39, 0.29) is 0 Å². The van der Waals surface area contributed by atoms with Gasteiger partial charge in [-0.3, -0.25) is 4.57 Å². The molecule has 0 saturated carbocycles. The second-order valence-electron chi connectivity index (χ2n) is 12.5. The molecule has 7 aromatic carbocycles. The Morgan fingerprint density at radius 2 is 0.755 bits per heavy atom. The smallest absolute Gasteiger partial charge is 0.110 e. The van der Waals surface area contributed by atoms with Gasteiger partial charge in [0.25, 0.3) is 0 Å². The van der Waals surface area contributed by atoms with Gasteiger partial charge in [0.2, 0.25) is 0 Å². The molecular formula is C46H29NS2. The van der Waals surface area contributed by atoms with Gasteiger partial charge in [0.15, 0.2) is 0 Å². The molecule has 10 aromatic rings. The zero-order valence-corrected chi connectivity index (χ0v) is 28.1. The van der Waals surface area contributed by atoms with Gasteiger partial charge in [-0.15, -0.1) is 22.7 Å². The van der Waals surface area contributed by atoms with E-state index in [0.717, 1.165) is 0 Å². The van der Waals surface area contributed by atoms with Crippen LogP contribution in [0.25, 0.3) is 90.8 Å². The summed E-state index contributed by atoms with van der Waals surface area (Å²) in [4.78, 5) is 2.58. The number of hydrogen-bond acceptors (Lipinski definition) is 2. The molecule has 3 heteroatoms. The summed E-state index contributed by atoms with van der Waals surface area (Å²) < 4.78 is 5.17. The second-order valence-corrected chi connectivity index (χ2v) is 14.6. The SMILES string of the molecule is c1ccc(-c2cccc(-c3ccccc3-n3c4sc5ccc(-c6ccccc6)cc5c4c4c5cc(-c6ccccc6)ccc5sc43)c2)cc1. The molecule has 0 amide bonds. The van der Waals surface area contributed by atoms with Gasteiger partial charge in [-0.1, -0.05) is 140 Å². The maximum absolute atomic E-state index is 2.55. The minimum atomic E-state index is 1.21. The number of rotatable bonds is 5. The van der Waals surface area contributed by atoms with Crippen molar-refractivity contribution in [3.05, 3.63) is 176 Å². The van der Waals surface area contributed by atoms with Crippen LogP contribution in [0.15, 0.2) is 176 Å². The molecule has 1 nitrogen and oxygen atoms in total. The molecule has 0 spiro atoms. The topological polar surface area (TPSA) is 4.93 Å². The van der Waals surface area contributed by atoms with Gasteiger partial charge in [0.05, 0.1) is 5.69 Å². The second kappa shape index (κ2) is 11.5. The highest BCUT2D eigenvalue weighted by molar-refractivity contribution is 7.28. The molecule has 0 saturated heterocycles. The van der Waals surface area contributed by atoms with Gasteiger partial charge in [0, 0.05) is 36.5 Å². The molecule has 0 atom stereocenters. The van der Waals surface area contributed by atoms with E-state index in [4.69, 9.17) is 0 Å². The molecule has 0 N–H and O–H groups in total. The lowest BCUT2D eigenvalue weighted by atomic mass is 9.98. The normalized spacial score (nSPS) is 11.7. The van der Waals surface area contributed by atoms with Crippen LogP contribution in [0.1, 0.15) is 0 Å². The molecule has 10 rings (SSSR count). The van der Waals surface area contributed by atoms with Crippen molar-refractivity contribution < 1.29 is 0 Å². The summed E-state index contributed by atoms with van der Waals surface area (Å²) >= 11 is 3.80. The Bertz CT molecular complexity index is 2670. The van der Waals surface area contributed by atoms with E-state index in [1.54, 1.807) is 0 Å². The average Bonchev–Trinajstić information content (AvgIpc) is 3.82. The van der Waals surface area contributed by atoms with Crippen molar-refractivity contribution in [2.75, 3.05) is 0 Å². The third kappa shape index (κ3) is 4.66. The molecular weight excluding hydrogens is 631 g/mol. The quantitative estimate of drug-likeness (QED) is 0.173. The number of para-hydroxylation sites is 1. The predicted octanol–water partition coefficient (Wildman–Crippen LogP) is 13.9. The highest BCUT2D eigenvalue weighted by Gasteiger charge is 2.24. The van der Waals surface area contributed by atoms with Crippen LogP contribution in [-0.2, 0) is 0 Å². The summed E-state index contributed by atoms with van der Waals surface area (Å²) in [5, 5.41) is 5.33. The first-order chi connectivity index (χ1) is 24.3. The number of benzene rings is 7. The van der Waals surface area contributed by atoms with Crippen LogP contribution < -0.4 is 0 Å². The number of thiophene rings is 2. The Labute approximate surface area is 292 Å². The molecule has 49 heavy (non-hydrogen) atoms. The van der Waals surface area contributed by atoms with Crippen molar-refractivity contribution >= 4 is 63.3 Å². The first kappa shape index (κ1) is 28.3. The number of hydrogen-bond donors (Lipinski definition) is 0. The summed E-state index contributed by atoms with van der Waals surface area (Å²) in [5.74, 6) is 0. The van der Waals surface area contributed by atoms with Crippen molar-refractivity contribution in [3.63, 3.8) is 0 Å². The van der Waals surface area contributed by atoms with E-state index in [2.05, 4.69) is 180 Å². The fraction of sp³-hybridized carbons (Fsp3) is 0. The van der Waals surface area contributed by atoms with E-state index >= 15 is 0 Å². The number of fused-ring (bicyclic) bond motifs is 7. The van der Waals surface area contributed by atoms with Gasteiger partial charge in [0.1, 0.15) is 9.66 Å². The molecule has 0 fully saturated rings. The van der Waals surface area contributed by atoms with Crippen LogP contribution in [0.5, 0.6) is 0 Å². The molecule has 0 aliphatic rings. The summed E-state index contributed by atoms with van der Waals surface area (Å²) in [6.07, 6.45) is 0. The van der Waals surface area contributed by atoms with Crippen molar-refractivity contribution in [3.8, 4) is 50.2 Å². The molecule has 0 bridgehead atoms. The average molecular weight is 660 g/mol. The maximum Gasteiger partial charge on any atom is 0.110 e. The highest BCUT2D eigenvalue weighted by Crippen LogP contribution is 2.50. The third-order valence-electron chi connectivity index (χ3n) is 9.63. The van der Waals surface area contributed by atoms with Crippen LogP contribution in [0.2, 0.25) is 0 Å². The van der Waals surface area contributed by atoms with Crippen LogP contribution in [-0.4, -0.2) is 4.57 Å². The lowest BCUT2D eigenvalue weighted by molar-refractivity contribution is 1.21. The Morgan fingerprint density at radius 1 is 0.327 bits per heavy atom. The minimum absolute atomic E-state index is 1.21. The van der Waals surface area contributed by atoms with Gasteiger partial charge in [-0.05, 0) is 75.3 Å². The van der Waals surface area contributed by atoms with Gasteiger partial charge < -0.3 is 0 Å². The molecule has 3 heterocycles. The highest BCUT2D eigenvalue weighted by atomic mass is 32.1. The Morgan fingerprint density at radius 3 is 1.29 bits per heavy atom. The summed E-state index contributed by atoms with van der Waals surface area (Å²) in [6.45, 7) is 0. The molecule has 0 unspecified atom stereocenters. The lowest BCUT2D eigenvalue weighted by Gasteiger charge is -2.13. The van der Waals surface area contributed by atoms with Crippen LogP contribution in [0, 0.1) is 0 Å². The lowest BCUT2D eigenvalue weighted by Crippen LogP contribution is -1.95. The Kier molecular flexibility index (Phi) is 6.61. The predicted molar refractivity (Wildman–Crippen MR) is 213 cm³/mol. The van der Waals surface area contributed by atoms with E-state index in [0.29, 0.717) is 0 Å². The van der Waals surface area contributed by atoms with E-state index in [9.17, 15) is 0 Å². The van der Waals surface area contributed by atoms with Crippen LogP contribution in [0.4, 0.5) is 0 Å². The first-order valence-electron chi connectivity index (χ1n) is 16.6. The van der Waals surface area contributed by atoms with Crippen molar-refractivity contribution in [1.82, 2.24) is 4.57 Å². The van der Waals surface area contributed by atoms with Crippen molar-refractivity contribution in [1.29, 1.82) is 0 Å². The molecule has 0 radical (unpaired) electrons. The van der Waals surface area contributed by atoms with Crippen LogP contribution in [0.3, 0.4) is 0 Å². The summed E-state index contributed by atoms with van der Waals surface area (Å²) in [7, 11) is 0.